The molecule has 1 heterocycles. The second-order valence-corrected chi connectivity index (χ2v) is 4.98. The zero-order chi connectivity index (χ0) is 11.8. The number of hydrogen-bond acceptors (Lipinski definition) is 2. The van der Waals surface area contributed by atoms with Crippen LogP contribution in [0.25, 0.3) is 10.9 Å². The monoisotopic (exact) mass is 214 g/mol. The fourth-order valence-electron chi connectivity index (χ4n) is 1.71. The molecule has 0 bridgehead atoms. The minimum absolute atomic E-state index is 0.0576. The molecule has 0 atom stereocenters. The van der Waals surface area contributed by atoms with Crippen LogP contribution in [0.2, 0.25) is 0 Å². The van der Waals surface area contributed by atoms with Gasteiger partial charge in [-0.15, -0.1) is 0 Å². The molecule has 1 aromatic carbocycles. The first kappa shape index (κ1) is 11.1. The Balaban J connectivity index is 2.59. The molecule has 2 rings (SSSR count). The molecule has 1 aromatic heterocycles. The molecule has 0 unspecified atom stereocenters. The van der Waals surface area contributed by atoms with Gasteiger partial charge in [0, 0.05) is 23.0 Å². The van der Waals surface area contributed by atoms with Gasteiger partial charge in [0.1, 0.15) is 0 Å². The first-order valence-corrected chi connectivity index (χ1v) is 5.61. The van der Waals surface area contributed by atoms with Crippen LogP contribution in [0.5, 0.6) is 0 Å². The number of nitrogens with zero attached hydrogens (tertiary/aromatic N) is 1. The summed E-state index contributed by atoms with van der Waals surface area (Å²) in [7, 11) is 0. The third-order valence-corrected chi connectivity index (χ3v) is 3.05. The highest BCUT2D eigenvalue weighted by atomic mass is 14.7. The van der Waals surface area contributed by atoms with Crippen LogP contribution in [-0.2, 0) is 5.41 Å². The Morgan fingerprint density at radius 3 is 2.56 bits per heavy atom. The minimum atomic E-state index is -0.0576. The highest BCUT2D eigenvalue weighted by molar-refractivity contribution is 5.79. The van der Waals surface area contributed by atoms with Gasteiger partial charge in [-0.05, 0) is 24.6 Å². The van der Waals surface area contributed by atoms with E-state index in [0.717, 1.165) is 11.2 Å². The lowest BCUT2D eigenvalue weighted by atomic mass is 9.88. The first-order chi connectivity index (χ1) is 7.53. The Bertz CT molecular complexity index is 515. The Kier molecular flexibility index (Phi) is 2.68. The summed E-state index contributed by atoms with van der Waals surface area (Å²) in [6, 6.07) is 10.5. The maximum Gasteiger partial charge on any atom is 0.0708 e. The molecule has 0 saturated carbocycles. The molecule has 0 amide bonds. The van der Waals surface area contributed by atoms with E-state index in [2.05, 4.69) is 51.1 Å². The molecule has 2 N–H and O–H groups in total. The zero-order valence-corrected chi connectivity index (χ0v) is 10.1. The summed E-state index contributed by atoms with van der Waals surface area (Å²) in [5.41, 5.74) is 9.07. The number of rotatable bonds is 2. The second kappa shape index (κ2) is 3.87. The van der Waals surface area contributed by atoms with Crippen molar-refractivity contribution in [2.45, 2.75) is 26.2 Å². The topological polar surface area (TPSA) is 38.9 Å². The fourth-order valence-corrected chi connectivity index (χ4v) is 1.71. The van der Waals surface area contributed by atoms with E-state index in [9.17, 15) is 0 Å². The van der Waals surface area contributed by atoms with Crippen molar-refractivity contribution in [3.05, 3.63) is 41.6 Å². The van der Waals surface area contributed by atoms with Crippen molar-refractivity contribution in [1.82, 2.24) is 4.98 Å². The van der Waals surface area contributed by atoms with Crippen LogP contribution in [0.15, 0.2) is 30.3 Å². The van der Waals surface area contributed by atoms with Crippen molar-refractivity contribution in [1.29, 1.82) is 0 Å². The van der Waals surface area contributed by atoms with Gasteiger partial charge < -0.3 is 5.73 Å². The van der Waals surface area contributed by atoms with Crippen molar-refractivity contribution in [2.75, 3.05) is 6.54 Å². The molecule has 2 nitrogen and oxygen atoms in total. The predicted molar refractivity (Wildman–Crippen MR) is 68.6 cm³/mol. The lowest BCUT2D eigenvalue weighted by Gasteiger charge is -2.21. The minimum Gasteiger partial charge on any atom is -0.330 e. The van der Waals surface area contributed by atoms with E-state index >= 15 is 0 Å². The number of pyridine rings is 1. The van der Waals surface area contributed by atoms with Gasteiger partial charge in [0.15, 0.2) is 0 Å². The lowest BCUT2D eigenvalue weighted by Crippen LogP contribution is -2.29. The number of aromatic nitrogens is 1. The van der Waals surface area contributed by atoms with Gasteiger partial charge in [-0.2, -0.15) is 0 Å². The van der Waals surface area contributed by atoms with Gasteiger partial charge in [0.25, 0.3) is 0 Å². The number of nitrogens with two attached hydrogens (primary N) is 1. The van der Waals surface area contributed by atoms with Gasteiger partial charge in [-0.1, -0.05) is 32.0 Å². The summed E-state index contributed by atoms with van der Waals surface area (Å²) < 4.78 is 0. The molecule has 84 valence electrons. The first-order valence-electron chi connectivity index (χ1n) is 5.61. The maximum absolute atomic E-state index is 5.77. The molecule has 0 radical (unpaired) electrons. The molecule has 2 heteroatoms. The molecule has 0 aliphatic rings. The smallest absolute Gasteiger partial charge is 0.0708 e. The van der Waals surface area contributed by atoms with Gasteiger partial charge in [0.05, 0.1) is 5.52 Å². The zero-order valence-electron chi connectivity index (χ0n) is 10.1. The predicted octanol–water partition coefficient (Wildman–Crippen LogP) is 2.78. The molecular formula is C14H18N2. The second-order valence-electron chi connectivity index (χ2n) is 4.98. The summed E-state index contributed by atoms with van der Waals surface area (Å²) in [4.78, 5) is 4.70. The van der Waals surface area contributed by atoms with Crippen LogP contribution in [0, 0.1) is 6.92 Å². The summed E-state index contributed by atoms with van der Waals surface area (Å²) in [5, 5.41) is 1.18. The Morgan fingerprint density at radius 2 is 1.88 bits per heavy atom. The van der Waals surface area contributed by atoms with Gasteiger partial charge in [0.2, 0.25) is 0 Å². The molecule has 2 aromatic rings. The van der Waals surface area contributed by atoms with Crippen LogP contribution >= 0.6 is 0 Å². The standard InChI is InChI=1S/C14H18N2/c1-10-4-5-11-6-7-13(14(2,3)9-15)16-12(11)8-10/h4-8H,9,15H2,1-3H3. The van der Waals surface area contributed by atoms with Gasteiger partial charge >= 0.3 is 0 Å². The largest absolute Gasteiger partial charge is 0.330 e. The maximum atomic E-state index is 5.77. The van der Waals surface area contributed by atoms with Gasteiger partial charge in [-0.3, -0.25) is 4.98 Å². The van der Waals surface area contributed by atoms with Gasteiger partial charge in [-0.25, -0.2) is 0 Å². The van der Waals surface area contributed by atoms with Crippen LogP contribution in [0.3, 0.4) is 0 Å². The molecule has 0 aliphatic carbocycles. The highest BCUT2D eigenvalue weighted by Crippen LogP contribution is 2.23. The van der Waals surface area contributed by atoms with E-state index in [-0.39, 0.29) is 5.41 Å². The Morgan fingerprint density at radius 1 is 1.19 bits per heavy atom. The molecular weight excluding hydrogens is 196 g/mol. The summed E-state index contributed by atoms with van der Waals surface area (Å²) >= 11 is 0. The molecule has 16 heavy (non-hydrogen) atoms. The van der Waals surface area contributed by atoms with Crippen molar-refractivity contribution >= 4 is 10.9 Å². The van der Waals surface area contributed by atoms with Crippen LogP contribution < -0.4 is 5.73 Å². The number of aryl methyl sites for hydroxylation is 1. The normalized spacial score (nSPS) is 12.0. The van der Waals surface area contributed by atoms with Crippen molar-refractivity contribution in [3.8, 4) is 0 Å². The Labute approximate surface area is 96.5 Å². The van der Waals surface area contributed by atoms with Crippen molar-refractivity contribution < 1.29 is 0 Å². The van der Waals surface area contributed by atoms with E-state index in [1.54, 1.807) is 0 Å². The summed E-state index contributed by atoms with van der Waals surface area (Å²) in [6.07, 6.45) is 0. The number of hydrogen-bond donors (Lipinski definition) is 1. The van der Waals surface area contributed by atoms with Crippen molar-refractivity contribution in [3.63, 3.8) is 0 Å². The lowest BCUT2D eigenvalue weighted by molar-refractivity contribution is 0.524. The molecule has 0 saturated heterocycles. The molecule has 0 aliphatic heterocycles. The summed E-state index contributed by atoms with van der Waals surface area (Å²) in [5.74, 6) is 0. The van der Waals surface area contributed by atoms with E-state index in [1.807, 2.05) is 0 Å². The van der Waals surface area contributed by atoms with E-state index in [0.29, 0.717) is 6.54 Å². The average Bonchev–Trinajstić information content (AvgIpc) is 2.28. The average molecular weight is 214 g/mol. The van der Waals surface area contributed by atoms with E-state index in [1.165, 1.54) is 10.9 Å². The van der Waals surface area contributed by atoms with Crippen LogP contribution in [-0.4, -0.2) is 11.5 Å². The SMILES string of the molecule is Cc1ccc2ccc(C(C)(C)CN)nc2c1. The third kappa shape index (κ3) is 1.93. The Hall–Kier alpha value is -1.41. The summed E-state index contributed by atoms with van der Waals surface area (Å²) in [6.45, 7) is 6.94. The van der Waals surface area contributed by atoms with Crippen LogP contribution in [0.1, 0.15) is 25.1 Å². The molecule has 0 fully saturated rings. The number of benzene rings is 1. The van der Waals surface area contributed by atoms with Crippen LogP contribution in [0.4, 0.5) is 0 Å². The molecule has 0 spiro atoms. The number of fused-ring (bicyclic) bond motifs is 1. The fraction of sp³-hybridized carbons (Fsp3) is 0.357. The van der Waals surface area contributed by atoms with E-state index in [4.69, 9.17) is 10.7 Å². The van der Waals surface area contributed by atoms with E-state index < -0.39 is 0 Å². The quantitative estimate of drug-likeness (QED) is 0.835. The highest BCUT2D eigenvalue weighted by Gasteiger charge is 2.20. The van der Waals surface area contributed by atoms with Crippen molar-refractivity contribution in [2.24, 2.45) is 5.73 Å². The third-order valence-electron chi connectivity index (χ3n) is 3.05.